The molecule has 108 valence electrons. The predicted octanol–water partition coefficient (Wildman–Crippen LogP) is 5.36. The quantitative estimate of drug-likeness (QED) is 0.535. The maximum Gasteiger partial charge on any atom is 0.416 e. The molecule has 0 bridgehead atoms. The highest BCUT2D eigenvalue weighted by molar-refractivity contribution is 9.10. The molecule has 2 aromatic carbocycles. The van der Waals surface area contributed by atoms with E-state index in [-0.39, 0.29) is 5.78 Å². The predicted molar refractivity (Wildman–Crippen MR) is 79.0 cm³/mol. The molecule has 21 heavy (non-hydrogen) atoms. The van der Waals surface area contributed by atoms with Crippen LogP contribution in [0.2, 0.25) is 0 Å². The Morgan fingerprint density at radius 3 is 2.05 bits per heavy atom. The van der Waals surface area contributed by atoms with Gasteiger partial charge in [0.05, 0.1) is 5.56 Å². The number of carbonyl (C=O) groups is 1. The first-order valence-corrected chi connectivity index (χ1v) is 6.81. The third-order valence-electron chi connectivity index (χ3n) is 2.79. The van der Waals surface area contributed by atoms with E-state index in [1.807, 2.05) is 0 Å². The van der Waals surface area contributed by atoms with Crippen LogP contribution in [-0.2, 0) is 6.18 Å². The van der Waals surface area contributed by atoms with E-state index in [4.69, 9.17) is 0 Å². The molecular weight excluding hydrogens is 345 g/mol. The summed E-state index contributed by atoms with van der Waals surface area (Å²) in [6.07, 6.45) is -1.52. The Morgan fingerprint density at radius 1 is 0.952 bits per heavy atom. The maximum atomic E-state index is 12.4. The molecule has 0 unspecified atom stereocenters. The Kier molecular flexibility index (Phi) is 4.63. The fourth-order valence-corrected chi connectivity index (χ4v) is 1.93. The number of hydrogen-bond donors (Lipinski definition) is 0. The van der Waals surface area contributed by atoms with Crippen LogP contribution in [0.1, 0.15) is 21.5 Å². The minimum Gasteiger partial charge on any atom is -0.289 e. The number of halogens is 4. The normalized spacial score (nSPS) is 11.8. The fourth-order valence-electron chi connectivity index (χ4n) is 1.67. The van der Waals surface area contributed by atoms with E-state index >= 15 is 0 Å². The molecule has 0 aliphatic rings. The monoisotopic (exact) mass is 354 g/mol. The summed E-state index contributed by atoms with van der Waals surface area (Å²) in [7, 11) is 0. The van der Waals surface area contributed by atoms with Gasteiger partial charge in [-0.1, -0.05) is 34.1 Å². The molecule has 0 aliphatic carbocycles. The summed E-state index contributed by atoms with van der Waals surface area (Å²) < 4.78 is 38.1. The third-order valence-corrected chi connectivity index (χ3v) is 3.32. The van der Waals surface area contributed by atoms with Crippen molar-refractivity contribution in [1.82, 2.24) is 0 Å². The van der Waals surface area contributed by atoms with Crippen LogP contribution in [0, 0.1) is 0 Å². The minimum atomic E-state index is -4.35. The van der Waals surface area contributed by atoms with Crippen molar-refractivity contribution in [2.75, 3.05) is 0 Å². The summed E-state index contributed by atoms with van der Waals surface area (Å²) in [5.74, 6) is -0.206. The second kappa shape index (κ2) is 6.26. The molecule has 0 N–H and O–H groups in total. The van der Waals surface area contributed by atoms with Gasteiger partial charge in [-0.3, -0.25) is 4.79 Å². The maximum absolute atomic E-state index is 12.4. The van der Waals surface area contributed by atoms with Crippen molar-refractivity contribution >= 4 is 27.8 Å². The number of alkyl halides is 3. The lowest BCUT2D eigenvalue weighted by atomic mass is 10.1. The smallest absolute Gasteiger partial charge is 0.289 e. The number of benzene rings is 2. The second-order valence-corrected chi connectivity index (χ2v) is 5.24. The van der Waals surface area contributed by atoms with Crippen LogP contribution in [0.25, 0.3) is 6.08 Å². The molecule has 1 nitrogen and oxygen atoms in total. The first-order chi connectivity index (χ1) is 9.86. The molecular formula is C16H10BrF3O. The highest BCUT2D eigenvalue weighted by atomic mass is 79.9. The van der Waals surface area contributed by atoms with Crippen molar-refractivity contribution in [3.8, 4) is 0 Å². The largest absolute Gasteiger partial charge is 0.416 e. The van der Waals surface area contributed by atoms with E-state index in [1.54, 1.807) is 24.3 Å². The molecule has 0 spiro atoms. The topological polar surface area (TPSA) is 17.1 Å². The van der Waals surface area contributed by atoms with E-state index in [9.17, 15) is 18.0 Å². The van der Waals surface area contributed by atoms with Crippen molar-refractivity contribution in [3.05, 3.63) is 75.8 Å². The standard InChI is InChI=1S/C16H10BrF3O/c17-14-8-4-12(5-9-14)15(21)10-3-11-1-6-13(7-2-11)16(18,19)20/h1-10H. The fraction of sp³-hybridized carbons (Fsp3) is 0.0625. The Balaban J connectivity index is 2.10. The van der Waals surface area contributed by atoms with Crippen LogP contribution in [-0.4, -0.2) is 5.78 Å². The van der Waals surface area contributed by atoms with Crippen LogP contribution in [0.15, 0.2) is 59.1 Å². The molecule has 0 saturated carbocycles. The Bertz CT molecular complexity index is 655. The summed E-state index contributed by atoms with van der Waals surface area (Å²) in [6, 6.07) is 11.5. The van der Waals surface area contributed by atoms with Gasteiger partial charge in [0.15, 0.2) is 5.78 Å². The summed E-state index contributed by atoms with van der Waals surface area (Å²) in [6.45, 7) is 0. The van der Waals surface area contributed by atoms with Crippen molar-refractivity contribution in [3.63, 3.8) is 0 Å². The highest BCUT2D eigenvalue weighted by Crippen LogP contribution is 2.29. The van der Waals surface area contributed by atoms with E-state index in [2.05, 4.69) is 15.9 Å². The number of rotatable bonds is 3. The Hall–Kier alpha value is -1.88. The molecule has 0 aliphatic heterocycles. The molecule has 5 heteroatoms. The number of carbonyl (C=O) groups excluding carboxylic acids is 1. The van der Waals surface area contributed by atoms with Crippen LogP contribution in [0.3, 0.4) is 0 Å². The molecule has 2 rings (SSSR count). The van der Waals surface area contributed by atoms with Crippen LogP contribution >= 0.6 is 15.9 Å². The summed E-state index contributed by atoms with van der Waals surface area (Å²) in [5, 5.41) is 0. The van der Waals surface area contributed by atoms with Crippen molar-refractivity contribution < 1.29 is 18.0 Å². The molecule has 0 fully saturated rings. The summed E-state index contributed by atoms with van der Waals surface area (Å²) in [4.78, 5) is 11.9. The number of allylic oxidation sites excluding steroid dienone is 1. The van der Waals surface area contributed by atoms with Crippen LogP contribution in [0.4, 0.5) is 13.2 Å². The molecule has 0 saturated heterocycles. The molecule has 0 aromatic heterocycles. The molecule has 0 heterocycles. The Labute approximate surface area is 128 Å². The molecule has 2 aromatic rings. The van der Waals surface area contributed by atoms with Gasteiger partial charge >= 0.3 is 6.18 Å². The zero-order valence-corrected chi connectivity index (χ0v) is 12.3. The van der Waals surface area contributed by atoms with E-state index in [0.717, 1.165) is 16.6 Å². The van der Waals surface area contributed by atoms with Crippen LogP contribution in [0.5, 0.6) is 0 Å². The van der Waals surface area contributed by atoms with Gasteiger partial charge in [-0.05, 0) is 48.0 Å². The summed E-state index contributed by atoms with van der Waals surface area (Å²) >= 11 is 3.27. The molecule has 0 atom stereocenters. The first-order valence-electron chi connectivity index (χ1n) is 6.01. The average Bonchev–Trinajstić information content (AvgIpc) is 2.45. The van der Waals surface area contributed by atoms with E-state index in [1.165, 1.54) is 24.3 Å². The first kappa shape index (κ1) is 15.5. The SMILES string of the molecule is O=C(C=Cc1ccc(C(F)(F)F)cc1)c1ccc(Br)cc1. The lowest BCUT2D eigenvalue weighted by molar-refractivity contribution is -0.137. The summed E-state index contributed by atoms with van der Waals surface area (Å²) in [5.41, 5.74) is 0.341. The van der Waals surface area contributed by atoms with Gasteiger partial charge in [-0.15, -0.1) is 0 Å². The zero-order valence-electron chi connectivity index (χ0n) is 10.7. The second-order valence-electron chi connectivity index (χ2n) is 4.32. The molecule has 0 amide bonds. The lowest BCUT2D eigenvalue weighted by Gasteiger charge is -2.05. The van der Waals surface area contributed by atoms with Crippen molar-refractivity contribution in [2.24, 2.45) is 0 Å². The lowest BCUT2D eigenvalue weighted by Crippen LogP contribution is -2.04. The zero-order chi connectivity index (χ0) is 15.5. The van der Waals surface area contributed by atoms with Gasteiger partial charge < -0.3 is 0 Å². The van der Waals surface area contributed by atoms with Gasteiger partial charge in [0.1, 0.15) is 0 Å². The molecule has 0 radical (unpaired) electrons. The van der Waals surface area contributed by atoms with Gasteiger partial charge in [-0.25, -0.2) is 0 Å². The Morgan fingerprint density at radius 2 is 1.52 bits per heavy atom. The van der Waals surface area contributed by atoms with Crippen LogP contribution < -0.4 is 0 Å². The third kappa shape index (κ3) is 4.29. The van der Waals surface area contributed by atoms with Gasteiger partial charge in [0.25, 0.3) is 0 Å². The van der Waals surface area contributed by atoms with Gasteiger partial charge in [-0.2, -0.15) is 13.2 Å². The minimum absolute atomic E-state index is 0.206. The number of hydrogen-bond acceptors (Lipinski definition) is 1. The van der Waals surface area contributed by atoms with Gasteiger partial charge in [0, 0.05) is 10.0 Å². The van der Waals surface area contributed by atoms with Crippen molar-refractivity contribution in [2.45, 2.75) is 6.18 Å². The highest BCUT2D eigenvalue weighted by Gasteiger charge is 2.29. The number of ketones is 1. The van der Waals surface area contributed by atoms with Crippen molar-refractivity contribution in [1.29, 1.82) is 0 Å². The van der Waals surface area contributed by atoms with E-state index in [0.29, 0.717) is 11.1 Å². The average molecular weight is 355 g/mol. The van der Waals surface area contributed by atoms with E-state index < -0.39 is 11.7 Å². The van der Waals surface area contributed by atoms with Gasteiger partial charge in [0.2, 0.25) is 0 Å².